The van der Waals surface area contributed by atoms with Crippen molar-refractivity contribution in [1.29, 1.82) is 0 Å². The maximum atomic E-state index is 12.6. The van der Waals surface area contributed by atoms with Crippen molar-refractivity contribution in [1.82, 2.24) is 15.1 Å². The summed E-state index contributed by atoms with van der Waals surface area (Å²) < 4.78 is 11.4. The summed E-state index contributed by atoms with van der Waals surface area (Å²) in [5.41, 5.74) is 0. The van der Waals surface area contributed by atoms with Crippen molar-refractivity contribution in [2.45, 2.75) is 25.9 Å². The zero-order chi connectivity index (χ0) is 15.3. The number of nitrogens with zero attached hydrogens (tertiary/aromatic N) is 3. The lowest BCUT2D eigenvalue weighted by atomic mass is 9.93. The topological polar surface area (TPSA) is 68.5 Å². The predicted octanol–water partition coefficient (Wildman–Crippen LogP) is 2.00. The van der Waals surface area contributed by atoms with Gasteiger partial charge in [0.15, 0.2) is 0 Å². The van der Waals surface area contributed by atoms with Crippen LogP contribution in [0.15, 0.2) is 16.5 Å². The van der Waals surface area contributed by atoms with Crippen LogP contribution < -0.4 is 0 Å². The number of ether oxygens (including phenoxy) is 1. The van der Waals surface area contributed by atoms with Gasteiger partial charge in [-0.3, -0.25) is 4.79 Å². The lowest BCUT2D eigenvalue weighted by Gasteiger charge is -2.17. The van der Waals surface area contributed by atoms with Gasteiger partial charge in [0, 0.05) is 30.8 Å². The minimum atomic E-state index is 0.0715. The lowest BCUT2D eigenvalue weighted by Crippen LogP contribution is -2.30. The number of rotatable bonds is 2. The number of hydrogen-bond acceptors (Lipinski definition) is 6. The van der Waals surface area contributed by atoms with Crippen LogP contribution in [0.3, 0.4) is 0 Å². The molecule has 2 fully saturated rings. The van der Waals surface area contributed by atoms with Crippen molar-refractivity contribution in [3.63, 3.8) is 0 Å². The van der Waals surface area contributed by atoms with Crippen LogP contribution in [0.25, 0.3) is 0 Å². The molecule has 0 bridgehead atoms. The molecule has 4 heterocycles. The fraction of sp³-hybridized carbons (Fsp3) is 0.533. The Morgan fingerprint density at radius 2 is 2.18 bits per heavy atom. The lowest BCUT2D eigenvalue weighted by molar-refractivity contribution is 0.0690. The van der Waals surface area contributed by atoms with E-state index in [9.17, 15) is 4.79 Å². The summed E-state index contributed by atoms with van der Waals surface area (Å²) >= 11 is 1.54. The van der Waals surface area contributed by atoms with E-state index in [1.807, 2.05) is 24.0 Å². The SMILES string of the molecule is Cc1nnc([C@H]2CO[C@H]3CN(C(=O)c4ccc(C)s4)C[C@H]32)o1. The van der Waals surface area contributed by atoms with Crippen LogP contribution in [0, 0.1) is 19.8 Å². The van der Waals surface area contributed by atoms with Crippen LogP contribution in [0.5, 0.6) is 0 Å². The Hall–Kier alpha value is -1.73. The molecule has 4 rings (SSSR count). The summed E-state index contributed by atoms with van der Waals surface area (Å²) in [7, 11) is 0. The quantitative estimate of drug-likeness (QED) is 0.847. The number of amides is 1. The number of carbonyl (C=O) groups excluding carboxylic acids is 1. The van der Waals surface area contributed by atoms with E-state index in [1.54, 1.807) is 6.92 Å². The highest BCUT2D eigenvalue weighted by molar-refractivity contribution is 7.13. The summed E-state index contributed by atoms with van der Waals surface area (Å²) in [5, 5.41) is 8.02. The molecule has 2 aromatic heterocycles. The molecule has 22 heavy (non-hydrogen) atoms. The fourth-order valence-corrected chi connectivity index (χ4v) is 4.14. The van der Waals surface area contributed by atoms with Crippen LogP contribution in [-0.2, 0) is 4.74 Å². The highest BCUT2D eigenvalue weighted by atomic mass is 32.1. The molecule has 7 heteroatoms. The minimum absolute atomic E-state index is 0.0715. The average Bonchev–Trinajstić information content (AvgIpc) is 3.21. The van der Waals surface area contributed by atoms with Gasteiger partial charge in [0.2, 0.25) is 11.8 Å². The second-order valence-corrected chi connectivity index (χ2v) is 7.21. The summed E-state index contributed by atoms with van der Waals surface area (Å²) in [6, 6.07) is 3.88. The van der Waals surface area contributed by atoms with E-state index in [0.717, 1.165) is 9.75 Å². The average molecular weight is 319 g/mol. The second kappa shape index (κ2) is 5.17. The van der Waals surface area contributed by atoms with E-state index >= 15 is 0 Å². The molecular formula is C15H17N3O3S. The number of hydrogen-bond donors (Lipinski definition) is 0. The Bertz CT molecular complexity index is 710. The molecule has 2 aromatic rings. The molecule has 0 N–H and O–H groups in total. The van der Waals surface area contributed by atoms with Gasteiger partial charge < -0.3 is 14.1 Å². The monoisotopic (exact) mass is 319 g/mol. The van der Waals surface area contributed by atoms with Crippen molar-refractivity contribution >= 4 is 17.2 Å². The number of carbonyl (C=O) groups is 1. The third-order valence-corrected chi connectivity index (χ3v) is 5.40. The minimum Gasteiger partial charge on any atom is -0.425 e. The maximum Gasteiger partial charge on any atom is 0.264 e. The van der Waals surface area contributed by atoms with Gasteiger partial charge in [-0.05, 0) is 19.1 Å². The number of aromatic nitrogens is 2. The van der Waals surface area contributed by atoms with Gasteiger partial charge in [-0.2, -0.15) is 0 Å². The molecule has 2 saturated heterocycles. The van der Waals surface area contributed by atoms with Gasteiger partial charge >= 0.3 is 0 Å². The Morgan fingerprint density at radius 1 is 1.32 bits per heavy atom. The van der Waals surface area contributed by atoms with Crippen molar-refractivity contribution in [2.24, 2.45) is 5.92 Å². The standard InChI is InChI=1S/C15H17N3O3S/c1-8-3-4-13(22-8)15(19)18-5-10-11(7-20-12(10)6-18)14-17-16-9(2)21-14/h3-4,10-12H,5-7H2,1-2H3/t10-,11-,12-/m0/s1. The van der Waals surface area contributed by atoms with Crippen LogP contribution >= 0.6 is 11.3 Å². The Kier molecular flexibility index (Phi) is 3.27. The molecule has 1 amide bonds. The first-order valence-corrected chi connectivity index (χ1v) is 8.21. The number of thiophene rings is 1. The molecule has 116 valence electrons. The van der Waals surface area contributed by atoms with Crippen LogP contribution in [0.2, 0.25) is 0 Å². The Morgan fingerprint density at radius 3 is 2.86 bits per heavy atom. The molecular weight excluding hydrogens is 302 g/mol. The van der Waals surface area contributed by atoms with Gasteiger partial charge in [-0.1, -0.05) is 0 Å². The zero-order valence-corrected chi connectivity index (χ0v) is 13.3. The van der Waals surface area contributed by atoms with E-state index in [2.05, 4.69) is 10.2 Å². The normalized spacial score (nSPS) is 27.4. The number of fused-ring (bicyclic) bond motifs is 1. The molecule has 2 aliphatic rings. The molecule has 3 atom stereocenters. The van der Waals surface area contributed by atoms with Gasteiger partial charge in [0.25, 0.3) is 5.91 Å². The highest BCUT2D eigenvalue weighted by Crippen LogP contribution is 2.39. The molecule has 0 aromatic carbocycles. The second-order valence-electron chi connectivity index (χ2n) is 5.92. The van der Waals surface area contributed by atoms with Gasteiger partial charge in [0.05, 0.1) is 23.5 Å². The fourth-order valence-electron chi connectivity index (χ4n) is 3.30. The number of likely N-dealkylation sites (tertiary alicyclic amines) is 1. The maximum absolute atomic E-state index is 12.6. The molecule has 0 aliphatic carbocycles. The highest BCUT2D eigenvalue weighted by Gasteiger charge is 2.47. The van der Waals surface area contributed by atoms with Gasteiger partial charge in [-0.15, -0.1) is 21.5 Å². The largest absolute Gasteiger partial charge is 0.425 e. The van der Waals surface area contributed by atoms with Crippen molar-refractivity contribution in [3.8, 4) is 0 Å². The third kappa shape index (κ3) is 2.24. The van der Waals surface area contributed by atoms with Crippen LogP contribution in [0.1, 0.15) is 32.2 Å². The molecule has 2 aliphatic heterocycles. The first kappa shape index (κ1) is 13.9. The molecule has 0 spiro atoms. The molecule has 6 nitrogen and oxygen atoms in total. The van der Waals surface area contributed by atoms with Crippen LogP contribution in [-0.4, -0.2) is 46.8 Å². The predicted molar refractivity (Wildman–Crippen MR) is 80.0 cm³/mol. The zero-order valence-electron chi connectivity index (χ0n) is 12.5. The van der Waals surface area contributed by atoms with E-state index < -0.39 is 0 Å². The summed E-state index contributed by atoms with van der Waals surface area (Å²) in [6.45, 7) is 5.72. The van der Waals surface area contributed by atoms with Gasteiger partial charge in [-0.25, -0.2) is 0 Å². The molecule has 0 unspecified atom stereocenters. The third-order valence-electron chi connectivity index (χ3n) is 4.41. The first-order valence-electron chi connectivity index (χ1n) is 7.39. The van der Waals surface area contributed by atoms with E-state index in [0.29, 0.717) is 31.5 Å². The Labute approximate surface area is 132 Å². The van der Waals surface area contributed by atoms with Gasteiger partial charge in [0.1, 0.15) is 0 Å². The van der Waals surface area contributed by atoms with E-state index in [-0.39, 0.29) is 23.8 Å². The van der Waals surface area contributed by atoms with Crippen molar-refractivity contribution in [3.05, 3.63) is 33.7 Å². The summed E-state index contributed by atoms with van der Waals surface area (Å²) in [6.07, 6.45) is 0.0715. The smallest absolute Gasteiger partial charge is 0.264 e. The van der Waals surface area contributed by atoms with Crippen molar-refractivity contribution < 1.29 is 13.9 Å². The summed E-state index contributed by atoms with van der Waals surface area (Å²) in [4.78, 5) is 16.4. The molecule has 0 saturated carbocycles. The van der Waals surface area contributed by atoms with E-state index in [4.69, 9.17) is 9.15 Å². The first-order chi connectivity index (χ1) is 10.6. The van der Waals surface area contributed by atoms with Crippen molar-refractivity contribution in [2.75, 3.05) is 19.7 Å². The Balaban J connectivity index is 1.51. The molecule has 0 radical (unpaired) electrons. The van der Waals surface area contributed by atoms with E-state index in [1.165, 1.54) is 11.3 Å². The number of aryl methyl sites for hydroxylation is 2. The van der Waals surface area contributed by atoms with Crippen LogP contribution in [0.4, 0.5) is 0 Å². The summed E-state index contributed by atoms with van der Waals surface area (Å²) in [5.74, 6) is 1.63.